The van der Waals surface area contributed by atoms with Crippen LogP contribution < -0.4 is 9.46 Å². The number of ether oxygens (including phenoxy) is 2. The molecule has 0 amide bonds. The van der Waals surface area contributed by atoms with Crippen molar-refractivity contribution in [2.45, 2.75) is 18.0 Å². The van der Waals surface area contributed by atoms with E-state index in [1.165, 1.54) is 37.6 Å². The van der Waals surface area contributed by atoms with Crippen LogP contribution in [-0.4, -0.2) is 21.5 Å². The lowest BCUT2D eigenvalue weighted by atomic mass is 10.2. The third-order valence-electron chi connectivity index (χ3n) is 4.00. The summed E-state index contributed by atoms with van der Waals surface area (Å²) in [5.41, 5.74) is 0.698. The fourth-order valence-electron chi connectivity index (χ4n) is 2.54. The third-order valence-corrected chi connectivity index (χ3v) is 5.63. The smallest absolute Gasteiger partial charge is 0.338 e. The average Bonchev–Trinajstić information content (AvgIpc) is 3.24. The van der Waals surface area contributed by atoms with Crippen molar-refractivity contribution in [1.82, 2.24) is 4.72 Å². The van der Waals surface area contributed by atoms with Crippen LogP contribution in [0.4, 0.5) is 0 Å². The minimum atomic E-state index is -3.83. The third kappa shape index (κ3) is 5.38. The van der Waals surface area contributed by atoms with Gasteiger partial charge < -0.3 is 13.9 Å². The van der Waals surface area contributed by atoms with Crippen LogP contribution >= 0.6 is 11.6 Å². The average molecular weight is 436 g/mol. The quantitative estimate of drug-likeness (QED) is 0.541. The van der Waals surface area contributed by atoms with Crippen molar-refractivity contribution in [3.05, 3.63) is 82.8 Å². The number of rotatable bonds is 8. The maximum absolute atomic E-state index is 12.5. The summed E-state index contributed by atoms with van der Waals surface area (Å²) in [5, 5.41) is 0.479. The van der Waals surface area contributed by atoms with Gasteiger partial charge in [0.1, 0.15) is 18.1 Å². The molecular weight excluding hydrogens is 418 g/mol. The Morgan fingerprint density at radius 2 is 1.97 bits per heavy atom. The van der Waals surface area contributed by atoms with E-state index in [0.29, 0.717) is 22.1 Å². The van der Waals surface area contributed by atoms with Crippen LogP contribution in [0.1, 0.15) is 21.7 Å². The van der Waals surface area contributed by atoms with Crippen LogP contribution in [0.5, 0.6) is 5.75 Å². The minimum absolute atomic E-state index is 0.00142. The fourth-order valence-corrected chi connectivity index (χ4v) is 3.77. The first kappa shape index (κ1) is 20.9. The minimum Gasteiger partial charge on any atom is -0.496 e. The first-order chi connectivity index (χ1) is 13.9. The number of halogens is 1. The summed E-state index contributed by atoms with van der Waals surface area (Å²) in [6, 6.07) is 13.9. The second-order valence-electron chi connectivity index (χ2n) is 5.96. The Kier molecular flexibility index (Phi) is 6.58. The number of hydrogen-bond acceptors (Lipinski definition) is 6. The molecule has 152 valence electrons. The van der Waals surface area contributed by atoms with E-state index in [0.717, 1.165) is 0 Å². The summed E-state index contributed by atoms with van der Waals surface area (Å²) in [7, 11) is -2.33. The number of hydrogen-bond donors (Lipinski definition) is 1. The predicted octanol–water partition coefficient (Wildman–Crippen LogP) is 3.78. The lowest BCUT2D eigenvalue weighted by Gasteiger charge is -2.11. The lowest BCUT2D eigenvalue weighted by Crippen LogP contribution is -2.23. The van der Waals surface area contributed by atoms with Crippen LogP contribution in [0.3, 0.4) is 0 Å². The van der Waals surface area contributed by atoms with Gasteiger partial charge in [-0.05, 0) is 48.5 Å². The highest BCUT2D eigenvalue weighted by Crippen LogP contribution is 2.24. The summed E-state index contributed by atoms with van der Waals surface area (Å²) in [6.45, 7) is -0.0745. The van der Waals surface area contributed by atoms with Crippen molar-refractivity contribution in [2.24, 2.45) is 0 Å². The Bertz CT molecular complexity index is 1100. The molecule has 1 aromatic heterocycles. The van der Waals surface area contributed by atoms with Crippen LogP contribution in [0.25, 0.3) is 0 Å². The Labute approximate surface area is 173 Å². The maximum atomic E-state index is 12.5. The van der Waals surface area contributed by atoms with Crippen molar-refractivity contribution in [2.75, 3.05) is 7.11 Å². The normalized spacial score (nSPS) is 11.2. The standard InChI is InChI=1S/C20H18ClNO6S/c1-26-19-8-7-16(21)10-15(19)13-28-20(23)14-4-2-6-18(11-14)29(24,25)22-12-17-5-3-9-27-17/h2-11,22H,12-13H2,1H3. The molecule has 0 aliphatic rings. The number of furan rings is 1. The number of nitrogens with one attached hydrogen (secondary N) is 1. The molecule has 1 heterocycles. The molecule has 0 radical (unpaired) electrons. The van der Waals surface area contributed by atoms with E-state index in [-0.39, 0.29) is 23.6 Å². The van der Waals surface area contributed by atoms with Crippen molar-refractivity contribution in [3.63, 3.8) is 0 Å². The summed E-state index contributed by atoms with van der Waals surface area (Å²) in [4.78, 5) is 12.3. The van der Waals surface area contributed by atoms with Crippen LogP contribution in [0.15, 0.2) is 70.2 Å². The van der Waals surface area contributed by atoms with Crippen LogP contribution in [-0.2, 0) is 27.9 Å². The molecule has 7 nitrogen and oxygen atoms in total. The van der Waals surface area contributed by atoms with Crippen molar-refractivity contribution in [3.8, 4) is 5.75 Å². The van der Waals surface area contributed by atoms with Gasteiger partial charge in [-0.25, -0.2) is 17.9 Å². The van der Waals surface area contributed by atoms with Gasteiger partial charge in [-0.1, -0.05) is 17.7 Å². The van der Waals surface area contributed by atoms with E-state index in [2.05, 4.69) is 4.72 Å². The molecule has 9 heteroatoms. The molecular formula is C20H18ClNO6S. The maximum Gasteiger partial charge on any atom is 0.338 e. The first-order valence-electron chi connectivity index (χ1n) is 8.51. The Hall–Kier alpha value is -2.81. The van der Waals surface area contributed by atoms with Crippen LogP contribution in [0, 0.1) is 0 Å². The molecule has 3 rings (SSSR count). The van der Waals surface area contributed by atoms with Gasteiger partial charge in [0.05, 0.1) is 30.4 Å². The molecule has 0 saturated carbocycles. The fraction of sp³-hybridized carbons (Fsp3) is 0.150. The molecule has 0 atom stereocenters. The number of carbonyl (C=O) groups is 1. The largest absolute Gasteiger partial charge is 0.496 e. The Morgan fingerprint density at radius 1 is 1.14 bits per heavy atom. The van der Waals surface area contributed by atoms with Crippen molar-refractivity contribution < 1.29 is 27.1 Å². The molecule has 3 aromatic rings. The number of carbonyl (C=O) groups excluding carboxylic acids is 1. The summed E-state index contributed by atoms with van der Waals surface area (Å²) >= 11 is 5.97. The molecule has 0 aliphatic carbocycles. The highest BCUT2D eigenvalue weighted by atomic mass is 35.5. The number of benzene rings is 2. The Morgan fingerprint density at radius 3 is 2.69 bits per heavy atom. The van der Waals surface area contributed by atoms with Gasteiger partial charge in [0, 0.05) is 10.6 Å². The molecule has 2 aromatic carbocycles. The molecule has 0 saturated heterocycles. The summed E-state index contributed by atoms with van der Waals surface area (Å²) < 4.78 is 43.0. The van der Waals surface area contributed by atoms with Gasteiger partial charge in [-0.2, -0.15) is 0 Å². The SMILES string of the molecule is COc1ccc(Cl)cc1COC(=O)c1cccc(S(=O)(=O)NCc2ccco2)c1. The zero-order valence-electron chi connectivity index (χ0n) is 15.4. The van der Waals surface area contributed by atoms with Crippen molar-refractivity contribution in [1.29, 1.82) is 0 Å². The van der Waals surface area contributed by atoms with Gasteiger partial charge >= 0.3 is 5.97 Å². The topological polar surface area (TPSA) is 94.8 Å². The molecule has 29 heavy (non-hydrogen) atoms. The van der Waals surface area contributed by atoms with E-state index >= 15 is 0 Å². The van der Waals surface area contributed by atoms with E-state index in [9.17, 15) is 13.2 Å². The highest BCUT2D eigenvalue weighted by molar-refractivity contribution is 7.89. The van der Waals surface area contributed by atoms with Gasteiger partial charge in [0.15, 0.2) is 0 Å². The Balaban J connectivity index is 1.70. The van der Waals surface area contributed by atoms with E-state index < -0.39 is 16.0 Å². The first-order valence-corrected chi connectivity index (χ1v) is 10.4. The molecule has 1 N–H and O–H groups in total. The molecule has 0 bridgehead atoms. The summed E-state index contributed by atoms with van der Waals surface area (Å²) in [5.74, 6) is 0.329. The predicted molar refractivity (Wildman–Crippen MR) is 106 cm³/mol. The molecule has 0 aliphatic heterocycles. The second kappa shape index (κ2) is 9.13. The monoisotopic (exact) mass is 435 g/mol. The summed E-state index contributed by atoms with van der Waals surface area (Å²) in [6.07, 6.45) is 1.45. The lowest BCUT2D eigenvalue weighted by molar-refractivity contribution is 0.0470. The molecule has 0 unspecified atom stereocenters. The number of methoxy groups -OCH3 is 1. The van der Waals surface area contributed by atoms with Crippen molar-refractivity contribution >= 4 is 27.6 Å². The van der Waals surface area contributed by atoms with E-state index in [4.69, 9.17) is 25.5 Å². The van der Waals surface area contributed by atoms with Gasteiger partial charge in [-0.15, -0.1) is 0 Å². The van der Waals surface area contributed by atoms with Gasteiger partial charge in [0.2, 0.25) is 10.0 Å². The second-order valence-corrected chi connectivity index (χ2v) is 8.17. The number of esters is 1. The molecule has 0 fully saturated rings. The van der Waals surface area contributed by atoms with Gasteiger partial charge in [0.25, 0.3) is 0 Å². The highest BCUT2D eigenvalue weighted by Gasteiger charge is 2.18. The molecule has 0 spiro atoms. The van der Waals surface area contributed by atoms with Crippen LogP contribution in [0.2, 0.25) is 5.02 Å². The van der Waals surface area contributed by atoms with E-state index in [1.807, 2.05) is 0 Å². The number of sulfonamides is 1. The van der Waals surface area contributed by atoms with Gasteiger partial charge in [-0.3, -0.25) is 0 Å². The zero-order chi connectivity index (χ0) is 20.9. The zero-order valence-corrected chi connectivity index (χ0v) is 17.0. The van der Waals surface area contributed by atoms with E-state index in [1.54, 1.807) is 30.3 Å².